The Hall–Kier alpha value is -3.98. The standard InChI is InChI=1S/C54H58Br2Cl2O5/c1-7-9-27-59-51-45(55)31-39(33-47(51)57)53(3,4)35-49(37-19-17-25-43(29-37)61-41-21-13-11-14-22-41)63-50(38-20-18-26-44(30-38)62-42-23-15-12-16-24-42)36-54(5,6)40-32-46(56)52(48(58)34-40)60-28-10-8-2/h11-26,29-34,49-50H,7-10,27-28,35-36H2,1-6H3. The lowest BCUT2D eigenvalue weighted by Crippen LogP contribution is -2.27. The first kappa shape index (κ1) is 48.5. The van der Waals surface area contributed by atoms with Crippen LogP contribution in [0.5, 0.6) is 34.5 Å². The molecule has 0 aliphatic carbocycles. The highest BCUT2D eigenvalue weighted by Crippen LogP contribution is 2.47. The molecule has 0 radical (unpaired) electrons. The number of para-hydroxylation sites is 2. The first-order valence-corrected chi connectivity index (χ1v) is 24.2. The van der Waals surface area contributed by atoms with Crippen LogP contribution in [-0.4, -0.2) is 13.2 Å². The summed E-state index contributed by atoms with van der Waals surface area (Å²) in [7, 11) is 0. The van der Waals surface area contributed by atoms with E-state index < -0.39 is 23.0 Å². The molecule has 9 heteroatoms. The monoisotopic (exact) mass is 1010 g/mol. The fourth-order valence-corrected chi connectivity index (χ4v) is 9.40. The lowest BCUT2D eigenvalue weighted by atomic mass is 9.77. The number of benzene rings is 6. The highest BCUT2D eigenvalue weighted by molar-refractivity contribution is 9.11. The third kappa shape index (κ3) is 13.5. The van der Waals surface area contributed by atoms with Crippen LogP contribution >= 0.6 is 55.1 Å². The summed E-state index contributed by atoms with van der Waals surface area (Å²) in [5.41, 5.74) is 3.26. The molecule has 0 fully saturated rings. The highest BCUT2D eigenvalue weighted by Gasteiger charge is 2.34. The number of rotatable bonds is 22. The van der Waals surface area contributed by atoms with Crippen LogP contribution in [0.2, 0.25) is 10.0 Å². The third-order valence-corrected chi connectivity index (χ3v) is 12.9. The SMILES string of the molecule is CCCCOc1c(Cl)cc(C(C)(C)CC(OC(CC(C)(C)c2cc(Cl)c(OCCCC)c(Br)c2)c2cccc(Oc3ccccc3)c2)c2cccc(Oc3ccccc3)c2)cc1Br. The molecule has 332 valence electrons. The van der Waals surface area contributed by atoms with Gasteiger partial charge in [-0.3, -0.25) is 0 Å². The molecule has 0 bridgehead atoms. The van der Waals surface area contributed by atoms with Gasteiger partial charge in [0.15, 0.2) is 11.5 Å². The van der Waals surface area contributed by atoms with Crippen LogP contribution in [0.4, 0.5) is 0 Å². The lowest BCUT2D eigenvalue weighted by molar-refractivity contribution is -0.0413. The average Bonchev–Trinajstić information content (AvgIpc) is 3.26. The molecule has 2 atom stereocenters. The van der Waals surface area contributed by atoms with Crippen molar-refractivity contribution in [2.75, 3.05) is 13.2 Å². The fourth-order valence-electron chi connectivity index (χ4n) is 7.47. The lowest BCUT2D eigenvalue weighted by Gasteiger charge is -2.36. The van der Waals surface area contributed by atoms with Gasteiger partial charge in [-0.25, -0.2) is 0 Å². The van der Waals surface area contributed by atoms with E-state index in [2.05, 4.69) is 110 Å². The van der Waals surface area contributed by atoms with Crippen molar-refractivity contribution in [3.05, 3.63) is 175 Å². The van der Waals surface area contributed by atoms with Crippen molar-refractivity contribution < 1.29 is 23.7 Å². The van der Waals surface area contributed by atoms with E-state index in [1.807, 2.05) is 97.1 Å². The summed E-state index contributed by atoms with van der Waals surface area (Å²) in [6, 6.07) is 44.4. The van der Waals surface area contributed by atoms with Crippen molar-refractivity contribution in [2.45, 2.75) is 103 Å². The second kappa shape index (κ2) is 22.8. The minimum atomic E-state index is -0.417. The third-order valence-electron chi connectivity index (χ3n) is 11.2. The van der Waals surface area contributed by atoms with Crippen molar-refractivity contribution in [2.24, 2.45) is 0 Å². The molecule has 0 N–H and O–H groups in total. The summed E-state index contributed by atoms with van der Waals surface area (Å²) in [5, 5.41) is 1.14. The molecule has 0 spiro atoms. The molecule has 6 aromatic rings. The molecule has 0 saturated carbocycles. The number of halogens is 4. The van der Waals surface area contributed by atoms with Gasteiger partial charge in [-0.1, -0.05) is 138 Å². The summed E-state index contributed by atoms with van der Waals surface area (Å²) >= 11 is 21.5. The molecule has 6 rings (SSSR count). The number of ether oxygens (including phenoxy) is 5. The second-order valence-electron chi connectivity index (χ2n) is 17.2. The van der Waals surface area contributed by atoms with Gasteiger partial charge in [0, 0.05) is 0 Å². The Bertz CT molecular complexity index is 2180. The van der Waals surface area contributed by atoms with E-state index >= 15 is 0 Å². The van der Waals surface area contributed by atoms with Gasteiger partial charge in [-0.2, -0.15) is 0 Å². The highest BCUT2D eigenvalue weighted by atomic mass is 79.9. The Labute approximate surface area is 401 Å². The maximum Gasteiger partial charge on any atom is 0.152 e. The summed E-state index contributed by atoms with van der Waals surface area (Å²) in [4.78, 5) is 0. The quantitative estimate of drug-likeness (QED) is 0.0634. The summed E-state index contributed by atoms with van der Waals surface area (Å²) in [6.07, 6.45) is 4.39. The zero-order valence-corrected chi connectivity index (χ0v) is 41.8. The maximum atomic E-state index is 7.60. The molecule has 63 heavy (non-hydrogen) atoms. The Kier molecular flexibility index (Phi) is 17.5. The predicted molar refractivity (Wildman–Crippen MR) is 267 cm³/mol. The molecule has 0 amide bonds. The van der Waals surface area contributed by atoms with E-state index in [0.29, 0.717) is 47.6 Å². The molecule has 0 aliphatic heterocycles. The zero-order chi connectivity index (χ0) is 45.0. The molecular weight excluding hydrogens is 959 g/mol. The zero-order valence-electron chi connectivity index (χ0n) is 37.1. The molecule has 5 nitrogen and oxygen atoms in total. The van der Waals surface area contributed by atoms with Crippen LogP contribution in [0.25, 0.3) is 0 Å². The molecule has 0 heterocycles. The Morgan fingerprint density at radius 2 is 0.873 bits per heavy atom. The van der Waals surface area contributed by atoms with E-state index in [1.165, 1.54) is 0 Å². The van der Waals surface area contributed by atoms with Gasteiger partial charge in [0.1, 0.15) is 23.0 Å². The normalized spacial score (nSPS) is 12.7. The largest absolute Gasteiger partial charge is 0.491 e. The fraction of sp³-hybridized carbons (Fsp3) is 0.333. The predicted octanol–water partition coefficient (Wildman–Crippen LogP) is 18.0. The molecule has 0 aromatic heterocycles. The number of unbranched alkanes of at least 4 members (excludes halogenated alkanes) is 2. The van der Waals surface area contributed by atoms with Crippen molar-refractivity contribution in [3.8, 4) is 34.5 Å². The van der Waals surface area contributed by atoms with E-state index in [1.54, 1.807) is 0 Å². The van der Waals surface area contributed by atoms with Gasteiger partial charge in [0.2, 0.25) is 0 Å². The van der Waals surface area contributed by atoms with Gasteiger partial charge in [-0.15, -0.1) is 0 Å². The summed E-state index contributed by atoms with van der Waals surface area (Å²) < 4.78 is 34.3. The summed E-state index contributed by atoms with van der Waals surface area (Å²) in [5.74, 6) is 4.29. The Morgan fingerprint density at radius 3 is 1.24 bits per heavy atom. The van der Waals surface area contributed by atoms with Crippen molar-refractivity contribution >= 4 is 55.1 Å². The van der Waals surface area contributed by atoms with Crippen LogP contribution in [0.1, 0.15) is 115 Å². The van der Waals surface area contributed by atoms with Crippen LogP contribution in [0.15, 0.2) is 142 Å². The first-order chi connectivity index (χ1) is 30.3. The topological polar surface area (TPSA) is 46.2 Å². The smallest absolute Gasteiger partial charge is 0.152 e. The van der Waals surface area contributed by atoms with Crippen molar-refractivity contribution in [1.29, 1.82) is 0 Å². The Balaban J connectivity index is 1.42. The van der Waals surface area contributed by atoms with Gasteiger partial charge < -0.3 is 23.7 Å². The van der Waals surface area contributed by atoms with E-state index in [4.69, 9.17) is 46.9 Å². The van der Waals surface area contributed by atoms with Crippen LogP contribution in [-0.2, 0) is 15.6 Å². The van der Waals surface area contributed by atoms with E-state index in [9.17, 15) is 0 Å². The summed E-state index contributed by atoms with van der Waals surface area (Å²) in [6.45, 7) is 14.4. The molecule has 6 aromatic carbocycles. The first-order valence-electron chi connectivity index (χ1n) is 21.8. The second-order valence-corrected chi connectivity index (χ2v) is 19.7. The number of hydrogen-bond donors (Lipinski definition) is 0. The molecule has 0 saturated heterocycles. The minimum Gasteiger partial charge on any atom is -0.491 e. The van der Waals surface area contributed by atoms with Gasteiger partial charge in [0.05, 0.1) is 44.4 Å². The van der Waals surface area contributed by atoms with E-state index in [0.717, 1.165) is 79.9 Å². The maximum absolute atomic E-state index is 7.60. The molecular formula is C54H58Br2Cl2O5. The van der Waals surface area contributed by atoms with Crippen LogP contribution < -0.4 is 18.9 Å². The van der Waals surface area contributed by atoms with Crippen molar-refractivity contribution in [3.63, 3.8) is 0 Å². The van der Waals surface area contributed by atoms with Gasteiger partial charge in [0.25, 0.3) is 0 Å². The molecule has 2 unspecified atom stereocenters. The van der Waals surface area contributed by atoms with Gasteiger partial charge in [-0.05, 0) is 163 Å². The van der Waals surface area contributed by atoms with Crippen molar-refractivity contribution in [1.82, 2.24) is 0 Å². The van der Waals surface area contributed by atoms with E-state index in [-0.39, 0.29) is 0 Å². The van der Waals surface area contributed by atoms with Crippen LogP contribution in [0, 0.1) is 0 Å². The molecule has 0 aliphatic rings. The minimum absolute atomic E-state index is 0.401. The average molecular weight is 1020 g/mol. The Morgan fingerprint density at radius 1 is 0.492 bits per heavy atom. The number of hydrogen-bond acceptors (Lipinski definition) is 5. The van der Waals surface area contributed by atoms with Gasteiger partial charge >= 0.3 is 0 Å². The van der Waals surface area contributed by atoms with Crippen LogP contribution in [0.3, 0.4) is 0 Å².